The molecule has 2 nitrogen and oxygen atoms in total. The zero-order chi connectivity index (χ0) is 15.0. The molecule has 1 aliphatic heterocycles. The van der Waals surface area contributed by atoms with Gasteiger partial charge in [-0.1, -0.05) is 23.7 Å². The van der Waals surface area contributed by atoms with Gasteiger partial charge in [-0.15, -0.1) is 0 Å². The van der Waals surface area contributed by atoms with Crippen molar-refractivity contribution in [2.45, 2.75) is 19.4 Å². The molecule has 0 amide bonds. The summed E-state index contributed by atoms with van der Waals surface area (Å²) in [5, 5.41) is 0.646. The molecule has 4 heteroatoms. The van der Waals surface area contributed by atoms with Crippen LogP contribution in [0.5, 0.6) is 0 Å². The lowest BCUT2D eigenvalue weighted by Gasteiger charge is -2.10. The third kappa shape index (κ3) is 2.93. The van der Waals surface area contributed by atoms with Gasteiger partial charge in [0.2, 0.25) is 5.90 Å². The number of nitrogens with zero attached hydrogens (tertiary/aromatic N) is 1. The molecule has 3 rings (SSSR count). The lowest BCUT2D eigenvalue weighted by Crippen LogP contribution is -2.17. The fourth-order valence-electron chi connectivity index (χ4n) is 2.29. The van der Waals surface area contributed by atoms with Crippen molar-refractivity contribution in [1.82, 2.24) is 0 Å². The van der Waals surface area contributed by atoms with Crippen LogP contribution in [0.4, 0.5) is 4.39 Å². The van der Waals surface area contributed by atoms with Crippen LogP contribution in [0.1, 0.15) is 19.4 Å². The van der Waals surface area contributed by atoms with Crippen molar-refractivity contribution in [3.8, 4) is 11.1 Å². The Bertz CT molecular complexity index is 707. The highest BCUT2D eigenvalue weighted by atomic mass is 35.5. The highest BCUT2D eigenvalue weighted by molar-refractivity contribution is 6.30. The Morgan fingerprint density at radius 2 is 1.81 bits per heavy atom. The first-order valence-corrected chi connectivity index (χ1v) is 7.11. The molecular formula is C17H15ClFNO. The van der Waals surface area contributed by atoms with Crippen molar-refractivity contribution in [2.24, 2.45) is 4.99 Å². The molecule has 0 N–H and O–H groups in total. The van der Waals surface area contributed by atoms with E-state index in [0.29, 0.717) is 17.5 Å². The smallest absolute Gasteiger partial charge is 0.217 e. The lowest BCUT2D eigenvalue weighted by molar-refractivity contribution is 0.279. The van der Waals surface area contributed by atoms with Crippen molar-refractivity contribution >= 4 is 17.5 Å². The lowest BCUT2D eigenvalue weighted by atomic mass is 9.99. The average Bonchev–Trinajstić information content (AvgIpc) is 2.80. The summed E-state index contributed by atoms with van der Waals surface area (Å²) in [4.78, 5) is 4.57. The molecule has 0 saturated heterocycles. The van der Waals surface area contributed by atoms with Gasteiger partial charge in [-0.05, 0) is 55.3 Å². The number of halogens is 2. The summed E-state index contributed by atoms with van der Waals surface area (Å²) in [7, 11) is 0. The van der Waals surface area contributed by atoms with Gasteiger partial charge in [0.25, 0.3) is 0 Å². The van der Waals surface area contributed by atoms with E-state index in [1.54, 1.807) is 18.2 Å². The molecule has 21 heavy (non-hydrogen) atoms. The van der Waals surface area contributed by atoms with Crippen LogP contribution in [0.3, 0.4) is 0 Å². The fraction of sp³-hybridized carbons (Fsp3) is 0.235. The summed E-state index contributed by atoms with van der Waals surface area (Å²) < 4.78 is 19.3. The minimum absolute atomic E-state index is 0.249. The van der Waals surface area contributed by atoms with Crippen LogP contribution >= 0.6 is 11.6 Å². The maximum absolute atomic E-state index is 13.6. The van der Waals surface area contributed by atoms with Crippen LogP contribution in [0.25, 0.3) is 11.1 Å². The van der Waals surface area contributed by atoms with E-state index >= 15 is 0 Å². The summed E-state index contributed by atoms with van der Waals surface area (Å²) in [6.45, 7) is 4.54. The van der Waals surface area contributed by atoms with Crippen molar-refractivity contribution in [2.75, 3.05) is 6.61 Å². The Labute approximate surface area is 128 Å². The van der Waals surface area contributed by atoms with Crippen LogP contribution in [-0.4, -0.2) is 18.0 Å². The van der Waals surface area contributed by atoms with Gasteiger partial charge in [-0.25, -0.2) is 9.38 Å². The maximum Gasteiger partial charge on any atom is 0.217 e. The van der Waals surface area contributed by atoms with Gasteiger partial charge >= 0.3 is 0 Å². The summed E-state index contributed by atoms with van der Waals surface area (Å²) in [6, 6.07) is 11.9. The molecule has 0 fully saturated rings. The zero-order valence-electron chi connectivity index (χ0n) is 11.9. The van der Waals surface area contributed by atoms with Crippen LogP contribution in [-0.2, 0) is 4.74 Å². The van der Waals surface area contributed by atoms with Crippen molar-refractivity contribution < 1.29 is 9.13 Å². The van der Waals surface area contributed by atoms with Crippen LogP contribution in [0.15, 0.2) is 47.5 Å². The van der Waals surface area contributed by atoms with Gasteiger partial charge in [-0.2, -0.15) is 0 Å². The van der Waals surface area contributed by atoms with E-state index in [0.717, 1.165) is 16.7 Å². The second kappa shape index (κ2) is 5.15. The molecule has 1 heterocycles. The SMILES string of the molecule is CC1(C)COC(c2ccc(F)cc2-c2ccc(Cl)cc2)=N1. The Hall–Kier alpha value is -1.87. The minimum Gasteiger partial charge on any atom is -0.475 e. The second-order valence-corrected chi connectivity index (χ2v) is 6.15. The van der Waals surface area contributed by atoms with Gasteiger partial charge in [0, 0.05) is 10.6 Å². The summed E-state index contributed by atoms with van der Waals surface area (Å²) >= 11 is 5.91. The normalized spacial score (nSPS) is 16.5. The van der Waals surface area contributed by atoms with E-state index in [9.17, 15) is 4.39 Å². The van der Waals surface area contributed by atoms with Crippen LogP contribution in [0, 0.1) is 5.82 Å². The second-order valence-electron chi connectivity index (χ2n) is 5.71. The van der Waals surface area contributed by atoms with E-state index in [-0.39, 0.29) is 11.4 Å². The molecular weight excluding hydrogens is 289 g/mol. The third-order valence-corrected chi connectivity index (χ3v) is 3.59. The number of ether oxygens (including phenoxy) is 1. The average molecular weight is 304 g/mol. The molecule has 0 unspecified atom stereocenters. The molecule has 0 saturated carbocycles. The number of hydrogen-bond acceptors (Lipinski definition) is 2. The van der Waals surface area contributed by atoms with Gasteiger partial charge < -0.3 is 4.74 Å². The topological polar surface area (TPSA) is 21.6 Å². The Morgan fingerprint density at radius 3 is 2.43 bits per heavy atom. The maximum atomic E-state index is 13.6. The summed E-state index contributed by atoms with van der Waals surface area (Å²) in [6.07, 6.45) is 0. The van der Waals surface area contributed by atoms with E-state index in [4.69, 9.17) is 16.3 Å². The Morgan fingerprint density at radius 1 is 1.10 bits per heavy atom. The predicted molar refractivity (Wildman–Crippen MR) is 83.4 cm³/mol. The van der Waals surface area contributed by atoms with Gasteiger partial charge in [0.05, 0.1) is 5.54 Å². The molecule has 1 aliphatic rings. The predicted octanol–water partition coefficient (Wildman–Crippen LogP) is 4.70. The standard InChI is InChI=1S/C17H15ClFNO/c1-17(2)10-21-16(20-17)14-8-7-13(19)9-15(14)11-3-5-12(18)6-4-11/h3-9H,10H2,1-2H3. The largest absolute Gasteiger partial charge is 0.475 e. The van der Waals surface area contributed by atoms with Crippen LogP contribution in [0.2, 0.25) is 5.02 Å². The molecule has 2 aromatic carbocycles. The quantitative estimate of drug-likeness (QED) is 0.788. The number of hydrogen-bond donors (Lipinski definition) is 0. The van der Waals surface area contributed by atoms with Crippen molar-refractivity contribution in [3.05, 3.63) is 58.9 Å². The molecule has 2 aromatic rings. The molecule has 0 spiro atoms. The molecule has 108 valence electrons. The number of benzene rings is 2. The first-order chi connectivity index (χ1) is 9.94. The first kappa shape index (κ1) is 14.1. The van der Waals surface area contributed by atoms with Crippen molar-refractivity contribution in [1.29, 1.82) is 0 Å². The molecule has 0 radical (unpaired) electrons. The van der Waals surface area contributed by atoms with E-state index in [2.05, 4.69) is 4.99 Å². The minimum atomic E-state index is -0.290. The van der Waals surface area contributed by atoms with Crippen molar-refractivity contribution in [3.63, 3.8) is 0 Å². The molecule has 0 aliphatic carbocycles. The Kier molecular flexibility index (Phi) is 3.46. The van der Waals surface area contributed by atoms with E-state index in [1.807, 2.05) is 26.0 Å². The van der Waals surface area contributed by atoms with Gasteiger partial charge in [0.1, 0.15) is 12.4 Å². The zero-order valence-corrected chi connectivity index (χ0v) is 12.6. The molecule has 0 atom stereocenters. The van der Waals surface area contributed by atoms with E-state index < -0.39 is 0 Å². The number of rotatable bonds is 2. The molecule has 0 bridgehead atoms. The highest BCUT2D eigenvalue weighted by Crippen LogP contribution is 2.30. The highest BCUT2D eigenvalue weighted by Gasteiger charge is 2.28. The van der Waals surface area contributed by atoms with Gasteiger partial charge in [0.15, 0.2) is 0 Å². The van der Waals surface area contributed by atoms with Gasteiger partial charge in [-0.3, -0.25) is 0 Å². The summed E-state index contributed by atoms with van der Waals surface area (Å²) in [5.74, 6) is 0.270. The van der Waals surface area contributed by atoms with Crippen LogP contribution < -0.4 is 0 Å². The van der Waals surface area contributed by atoms with E-state index in [1.165, 1.54) is 12.1 Å². The first-order valence-electron chi connectivity index (χ1n) is 6.73. The number of aliphatic imine (C=N–C) groups is 1. The molecule has 0 aromatic heterocycles. The Balaban J connectivity index is 2.12. The third-order valence-electron chi connectivity index (χ3n) is 3.33. The fourth-order valence-corrected chi connectivity index (χ4v) is 2.42. The summed E-state index contributed by atoms with van der Waals surface area (Å²) in [5.41, 5.74) is 2.18. The monoisotopic (exact) mass is 303 g/mol.